The van der Waals surface area contributed by atoms with E-state index in [1.165, 1.54) is 50.2 Å². The average Bonchev–Trinajstić information content (AvgIpc) is 2.89. The lowest BCUT2D eigenvalue weighted by Gasteiger charge is -2.23. The predicted molar refractivity (Wildman–Crippen MR) is 131 cm³/mol. The number of aliphatic hydroxyl groups excluding tert-OH is 2. The van der Waals surface area contributed by atoms with Crippen LogP contribution in [0.3, 0.4) is 0 Å². The van der Waals surface area contributed by atoms with E-state index in [9.17, 15) is 29.9 Å². The fraction of sp³-hybridized carbons (Fsp3) is 0.417. The lowest BCUT2D eigenvalue weighted by atomic mass is 10.1. The summed E-state index contributed by atoms with van der Waals surface area (Å²) in [5.74, 6) is 0.492. The van der Waals surface area contributed by atoms with Crippen LogP contribution in [-0.4, -0.2) is 78.5 Å². The van der Waals surface area contributed by atoms with Gasteiger partial charge in [0.05, 0.1) is 44.0 Å². The lowest BCUT2D eigenvalue weighted by Crippen LogP contribution is -2.38. The van der Waals surface area contributed by atoms with E-state index in [4.69, 9.17) is 18.9 Å². The summed E-state index contributed by atoms with van der Waals surface area (Å²) in [6.45, 7) is 0.761. The first-order valence-corrected chi connectivity index (χ1v) is 11.1. The number of aliphatic hydroxyl groups is 2. The van der Waals surface area contributed by atoms with Crippen LogP contribution in [0.4, 0.5) is 15.3 Å². The Kier molecular flexibility index (Phi) is 10.5. The van der Waals surface area contributed by atoms with Crippen molar-refractivity contribution in [3.63, 3.8) is 0 Å². The van der Waals surface area contributed by atoms with Crippen molar-refractivity contribution in [2.45, 2.75) is 26.7 Å². The van der Waals surface area contributed by atoms with Crippen molar-refractivity contribution in [1.29, 1.82) is 0 Å². The van der Waals surface area contributed by atoms with Crippen LogP contribution in [0.15, 0.2) is 24.3 Å². The van der Waals surface area contributed by atoms with Gasteiger partial charge in [-0.25, -0.2) is 9.59 Å². The molecule has 0 bridgehead atoms. The standard InChI is InChI=1S/C24H31N3O10/c1-15-8-16(12-28)22(17(9-15)13-29)37-24(31)26(3)7-6-25(2)23(30)36-14-18-10-20(34-4)21(35-5)11-19(18)27(32)33/h8-11,28-29H,6-7,12-14H2,1-5H3. The molecule has 0 aliphatic carbocycles. The van der Waals surface area contributed by atoms with Gasteiger partial charge in [-0.2, -0.15) is 0 Å². The third-order valence-electron chi connectivity index (χ3n) is 5.44. The highest BCUT2D eigenvalue weighted by atomic mass is 16.6. The Morgan fingerprint density at radius 2 is 1.41 bits per heavy atom. The van der Waals surface area contributed by atoms with Crippen LogP contribution in [-0.2, 0) is 24.6 Å². The van der Waals surface area contributed by atoms with Crippen molar-refractivity contribution in [3.8, 4) is 17.2 Å². The fourth-order valence-electron chi connectivity index (χ4n) is 3.39. The molecule has 0 spiro atoms. The Balaban J connectivity index is 1.98. The first-order chi connectivity index (χ1) is 17.6. The molecular weight excluding hydrogens is 490 g/mol. The van der Waals surface area contributed by atoms with Gasteiger partial charge in [-0.05, 0) is 13.0 Å². The van der Waals surface area contributed by atoms with Crippen molar-refractivity contribution in [1.82, 2.24) is 9.80 Å². The Labute approximate surface area is 213 Å². The van der Waals surface area contributed by atoms with Crippen LogP contribution in [0.2, 0.25) is 0 Å². The van der Waals surface area contributed by atoms with Gasteiger partial charge in [0.15, 0.2) is 11.5 Å². The lowest BCUT2D eigenvalue weighted by molar-refractivity contribution is -0.385. The molecule has 0 aromatic heterocycles. The molecule has 0 saturated heterocycles. The number of carbonyl (C=O) groups is 2. The Morgan fingerprint density at radius 3 is 1.89 bits per heavy atom. The third-order valence-corrected chi connectivity index (χ3v) is 5.44. The number of amides is 2. The topological polar surface area (TPSA) is 161 Å². The summed E-state index contributed by atoms with van der Waals surface area (Å²) in [5, 5.41) is 30.6. The zero-order valence-corrected chi connectivity index (χ0v) is 21.3. The number of likely N-dealkylation sites (N-methyl/N-ethyl adjacent to an activating group) is 2. The van der Waals surface area contributed by atoms with Gasteiger partial charge in [0.1, 0.15) is 12.4 Å². The number of ether oxygens (including phenoxy) is 4. The minimum Gasteiger partial charge on any atom is -0.493 e. The summed E-state index contributed by atoms with van der Waals surface area (Å²) in [4.78, 5) is 38.2. The molecule has 202 valence electrons. The molecule has 2 rings (SSSR count). The van der Waals surface area contributed by atoms with Gasteiger partial charge >= 0.3 is 12.2 Å². The molecule has 0 aliphatic heterocycles. The summed E-state index contributed by atoms with van der Waals surface area (Å²) in [5.41, 5.74) is 1.32. The number of nitro groups is 1. The van der Waals surface area contributed by atoms with Gasteiger partial charge in [0, 0.05) is 38.3 Å². The molecule has 2 aromatic carbocycles. The molecule has 0 heterocycles. The molecule has 13 heteroatoms. The van der Waals surface area contributed by atoms with E-state index in [1.807, 2.05) is 0 Å². The first-order valence-electron chi connectivity index (χ1n) is 11.1. The van der Waals surface area contributed by atoms with Crippen LogP contribution in [0.25, 0.3) is 0 Å². The van der Waals surface area contributed by atoms with E-state index in [1.54, 1.807) is 19.1 Å². The van der Waals surface area contributed by atoms with Crippen LogP contribution < -0.4 is 14.2 Å². The molecular formula is C24H31N3O10. The fourth-order valence-corrected chi connectivity index (χ4v) is 3.39. The molecule has 37 heavy (non-hydrogen) atoms. The van der Waals surface area contributed by atoms with Crippen molar-refractivity contribution in [3.05, 3.63) is 56.6 Å². The number of carbonyl (C=O) groups excluding carboxylic acids is 2. The van der Waals surface area contributed by atoms with Gasteiger partial charge < -0.3 is 39.0 Å². The minimum absolute atomic E-state index is 0.0616. The number of nitrogens with zero attached hydrogens (tertiary/aromatic N) is 3. The summed E-state index contributed by atoms with van der Waals surface area (Å²) in [6, 6.07) is 5.84. The zero-order valence-electron chi connectivity index (χ0n) is 21.3. The summed E-state index contributed by atoms with van der Waals surface area (Å²) < 4.78 is 20.8. The normalized spacial score (nSPS) is 10.5. The highest BCUT2D eigenvalue weighted by Gasteiger charge is 2.22. The number of aryl methyl sites for hydroxylation is 1. The number of methoxy groups -OCH3 is 2. The van der Waals surface area contributed by atoms with Gasteiger partial charge in [-0.15, -0.1) is 0 Å². The quantitative estimate of drug-likeness (QED) is 0.332. The van der Waals surface area contributed by atoms with E-state index in [0.29, 0.717) is 11.1 Å². The summed E-state index contributed by atoms with van der Waals surface area (Å²) in [7, 11) is 5.63. The van der Waals surface area contributed by atoms with Crippen molar-refractivity contribution in [2.24, 2.45) is 0 Å². The van der Waals surface area contributed by atoms with E-state index in [2.05, 4.69) is 0 Å². The Morgan fingerprint density at radius 1 is 0.892 bits per heavy atom. The van der Waals surface area contributed by atoms with Gasteiger partial charge in [-0.1, -0.05) is 17.7 Å². The Hall–Kier alpha value is -4.10. The molecule has 0 aliphatic rings. The summed E-state index contributed by atoms with van der Waals surface area (Å²) in [6.07, 6.45) is -1.52. The van der Waals surface area contributed by atoms with Gasteiger partial charge in [0.2, 0.25) is 0 Å². The molecule has 0 fully saturated rings. The molecule has 0 unspecified atom stereocenters. The van der Waals surface area contributed by atoms with Crippen LogP contribution in [0.5, 0.6) is 17.2 Å². The maximum atomic E-state index is 12.6. The second-order valence-electron chi connectivity index (χ2n) is 8.09. The average molecular weight is 522 g/mol. The summed E-state index contributed by atoms with van der Waals surface area (Å²) >= 11 is 0. The smallest absolute Gasteiger partial charge is 0.415 e. The monoisotopic (exact) mass is 521 g/mol. The predicted octanol–water partition coefficient (Wildman–Crippen LogP) is 2.60. The van der Waals surface area contributed by atoms with E-state index in [0.717, 1.165) is 5.56 Å². The number of rotatable bonds is 11. The van der Waals surface area contributed by atoms with Crippen molar-refractivity contribution >= 4 is 17.9 Å². The van der Waals surface area contributed by atoms with Gasteiger partial charge in [-0.3, -0.25) is 10.1 Å². The largest absolute Gasteiger partial charge is 0.493 e. The van der Waals surface area contributed by atoms with E-state index < -0.39 is 17.1 Å². The second-order valence-corrected chi connectivity index (χ2v) is 8.09. The molecule has 13 nitrogen and oxygen atoms in total. The zero-order chi connectivity index (χ0) is 27.7. The number of nitro benzene ring substituents is 1. The second kappa shape index (κ2) is 13.3. The third kappa shape index (κ3) is 7.44. The van der Waals surface area contributed by atoms with Crippen molar-refractivity contribution < 1.29 is 43.7 Å². The van der Waals surface area contributed by atoms with E-state index in [-0.39, 0.29) is 61.4 Å². The SMILES string of the molecule is COc1cc(COC(=O)N(C)CCN(C)C(=O)Oc2c(CO)cc(C)cc2CO)c([N+](=O)[O-])cc1OC. The number of hydrogen-bond donors (Lipinski definition) is 2. The van der Waals surface area contributed by atoms with Crippen molar-refractivity contribution in [2.75, 3.05) is 41.4 Å². The molecule has 0 atom stereocenters. The molecule has 0 radical (unpaired) electrons. The van der Waals surface area contributed by atoms with E-state index >= 15 is 0 Å². The highest BCUT2D eigenvalue weighted by Crippen LogP contribution is 2.35. The number of hydrogen-bond acceptors (Lipinski definition) is 10. The molecule has 2 amide bonds. The maximum absolute atomic E-state index is 12.6. The van der Waals surface area contributed by atoms with Crippen LogP contribution in [0.1, 0.15) is 22.3 Å². The molecule has 0 saturated carbocycles. The minimum atomic E-state index is -0.769. The first kappa shape index (κ1) is 29.1. The molecule has 2 N–H and O–H groups in total. The highest BCUT2D eigenvalue weighted by molar-refractivity contribution is 5.72. The maximum Gasteiger partial charge on any atom is 0.415 e. The Bertz CT molecular complexity index is 1110. The number of benzene rings is 2. The molecule has 2 aromatic rings. The van der Waals surface area contributed by atoms with Gasteiger partial charge in [0.25, 0.3) is 5.69 Å². The van der Waals surface area contributed by atoms with Crippen LogP contribution >= 0.6 is 0 Å². The van der Waals surface area contributed by atoms with Crippen LogP contribution in [0, 0.1) is 17.0 Å².